The zero-order valence-electron chi connectivity index (χ0n) is 19.6. The summed E-state index contributed by atoms with van der Waals surface area (Å²) in [4.78, 5) is 15.2. The maximum atomic E-state index is 12.3. The van der Waals surface area contributed by atoms with Gasteiger partial charge in [-0.05, 0) is 99.5 Å². The molecule has 0 bridgehead atoms. The molecule has 1 aliphatic heterocycles. The Kier molecular flexibility index (Phi) is 7.05. The summed E-state index contributed by atoms with van der Waals surface area (Å²) < 4.78 is 24.5. The minimum atomic E-state index is -3.42. The van der Waals surface area contributed by atoms with Gasteiger partial charge in [0.1, 0.15) is 0 Å². The molecule has 1 heterocycles. The topological polar surface area (TPSA) is 66.5 Å². The molecule has 0 atom stereocenters. The third-order valence-electron chi connectivity index (χ3n) is 7.15. The number of allylic oxidation sites excluding steroid dienone is 1. The fraction of sp³-hybridized carbons (Fsp3) is 0.444. The lowest BCUT2D eigenvalue weighted by Crippen LogP contribution is -2.32. The number of nitrogens with one attached hydrogen (secondary N) is 1. The van der Waals surface area contributed by atoms with Crippen molar-refractivity contribution in [1.29, 1.82) is 0 Å². The van der Waals surface area contributed by atoms with Crippen molar-refractivity contribution in [1.82, 2.24) is 4.90 Å². The molecule has 1 saturated carbocycles. The number of hydrogen-bond acceptors (Lipinski definition) is 4. The number of carbonyl (C=O) groups excluding carboxylic acids is 1. The molecule has 6 heteroatoms. The highest BCUT2D eigenvalue weighted by Crippen LogP contribution is 2.33. The first-order valence-corrected chi connectivity index (χ1v) is 13.4. The van der Waals surface area contributed by atoms with E-state index in [0.717, 1.165) is 63.0 Å². The second-order valence-electron chi connectivity index (χ2n) is 9.59. The summed E-state index contributed by atoms with van der Waals surface area (Å²) in [6, 6.07) is 13.5. The van der Waals surface area contributed by atoms with E-state index in [9.17, 15) is 13.2 Å². The Hall–Kier alpha value is -2.44. The zero-order valence-corrected chi connectivity index (χ0v) is 20.5. The number of likely N-dealkylation sites (tertiary alicyclic amines) is 1. The van der Waals surface area contributed by atoms with Crippen LogP contribution < -0.4 is 5.32 Å². The van der Waals surface area contributed by atoms with Gasteiger partial charge in [-0.25, -0.2) is 8.42 Å². The summed E-state index contributed by atoms with van der Waals surface area (Å²) in [5.41, 5.74) is 4.66. The van der Waals surface area contributed by atoms with E-state index in [-0.39, 0.29) is 16.7 Å². The average molecular weight is 467 g/mol. The van der Waals surface area contributed by atoms with E-state index in [1.165, 1.54) is 18.1 Å². The van der Waals surface area contributed by atoms with E-state index in [4.69, 9.17) is 0 Å². The van der Waals surface area contributed by atoms with Crippen LogP contribution in [0.5, 0.6) is 0 Å². The lowest BCUT2D eigenvalue weighted by Gasteiger charge is -2.33. The van der Waals surface area contributed by atoms with Crippen LogP contribution in [-0.2, 0) is 21.2 Å². The summed E-state index contributed by atoms with van der Waals surface area (Å²) >= 11 is 0. The normalized spacial score (nSPS) is 18.0. The van der Waals surface area contributed by atoms with Crippen molar-refractivity contribution in [2.24, 2.45) is 5.92 Å². The van der Waals surface area contributed by atoms with E-state index >= 15 is 0 Å². The van der Waals surface area contributed by atoms with Crippen LogP contribution in [0.2, 0.25) is 0 Å². The van der Waals surface area contributed by atoms with Gasteiger partial charge >= 0.3 is 0 Å². The van der Waals surface area contributed by atoms with Crippen LogP contribution in [0.4, 0.5) is 5.69 Å². The zero-order chi connectivity index (χ0) is 23.6. The molecule has 2 aromatic rings. The van der Waals surface area contributed by atoms with Crippen molar-refractivity contribution in [2.75, 3.05) is 18.4 Å². The highest BCUT2D eigenvalue weighted by molar-refractivity contribution is 7.95. The Bertz CT molecular complexity index is 1130. The molecule has 1 N–H and O–H groups in total. The standard InChI is InChI=1S/C27H34N2O3S/c1-19(2)33(31,32)25-11-8-21(9-12-25)18-29-15-13-22(14-16-29)26-17-24(10-7-20(26)3)28-27(30)23-5-4-6-23/h7-12,17,22-23H,1,4-6,13-16,18H2,2-3H3,(H,28,30). The van der Waals surface area contributed by atoms with Crippen molar-refractivity contribution in [3.05, 3.63) is 70.6 Å². The van der Waals surface area contributed by atoms with E-state index < -0.39 is 9.84 Å². The fourth-order valence-electron chi connectivity index (χ4n) is 4.71. The molecule has 33 heavy (non-hydrogen) atoms. The largest absolute Gasteiger partial charge is 0.326 e. The van der Waals surface area contributed by atoms with Crippen LogP contribution in [0.15, 0.2) is 58.8 Å². The van der Waals surface area contributed by atoms with E-state index in [2.05, 4.69) is 35.9 Å². The van der Waals surface area contributed by atoms with Crippen LogP contribution in [-0.4, -0.2) is 32.3 Å². The van der Waals surface area contributed by atoms with Crippen LogP contribution in [0.3, 0.4) is 0 Å². The first kappa shape index (κ1) is 23.7. The Morgan fingerprint density at radius 3 is 2.30 bits per heavy atom. The Morgan fingerprint density at radius 2 is 1.73 bits per heavy atom. The number of piperidine rings is 1. The van der Waals surface area contributed by atoms with Crippen molar-refractivity contribution >= 4 is 21.4 Å². The van der Waals surface area contributed by atoms with Gasteiger partial charge in [-0.15, -0.1) is 0 Å². The van der Waals surface area contributed by atoms with E-state index in [1.807, 2.05) is 18.2 Å². The number of anilines is 1. The van der Waals surface area contributed by atoms with Gasteiger partial charge in [0.05, 0.1) is 4.90 Å². The number of nitrogens with zero attached hydrogens (tertiary/aromatic N) is 1. The third kappa shape index (κ3) is 5.39. The quantitative estimate of drug-likeness (QED) is 0.592. The fourth-order valence-corrected chi connectivity index (χ4v) is 5.61. The molecule has 0 aromatic heterocycles. The first-order valence-electron chi connectivity index (χ1n) is 11.9. The monoisotopic (exact) mass is 466 g/mol. The first-order chi connectivity index (χ1) is 15.7. The van der Waals surface area contributed by atoms with Gasteiger partial charge in [0.2, 0.25) is 15.7 Å². The van der Waals surface area contributed by atoms with Crippen molar-refractivity contribution in [3.63, 3.8) is 0 Å². The molecule has 0 spiro atoms. The number of aryl methyl sites for hydroxylation is 1. The number of benzene rings is 2. The number of amides is 1. The molecule has 0 radical (unpaired) electrons. The van der Waals surface area contributed by atoms with E-state index in [1.54, 1.807) is 12.1 Å². The summed E-state index contributed by atoms with van der Waals surface area (Å²) in [5, 5.41) is 3.12. The smallest absolute Gasteiger partial charge is 0.227 e. The SMILES string of the molecule is C=C(C)S(=O)(=O)c1ccc(CN2CCC(c3cc(NC(=O)C4CCC4)ccc3C)CC2)cc1. The summed E-state index contributed by atoms with van der Waals surface area (Å²) in [6.07, 6.45) is 5.32. The lowest BCUT2D eigenvalue weighted by molar-refractivity contribution is -0.122. The molecule has 0 unspecified atom stereocenters. The molecule has 176 valence electrons. The molecule has 2 fully saturated rings. The molecule has 2 aliphatic rings. The highest BCUT2D eigenvalue weighted by Gasteiger charge is 2.26. The van der Waals surface area contributed by atoms with Crippen LogP contribution in [0.1, 0.15) is 61.6 Å². The molecular weight excluding hydrogens is 432 g/mol. The second-order valence-corrected chi connectivity index (χ2v) is 11.8. The van der Waals surface area contributed by atoms with Crippen molar-refractivity contribution in [3.8, 4) is 0 Å². The van der Waals surface area contributed by atoms with Gasteiger partial charge in [0.25, 0.3) is 0 Å². The Morgan fingerprint density at radius 1 is 1.06 bits per heavy atom. The maximum absolute atomic E-state index is 12.3. The summed E-state index contributed by atoms with van der Waals surface area (Å²) in [5.74, 6) is 0.839. The number of sulfone groups is 1. The minimum absolute atomic E-state index is 0.160. The van der Waals surface area contributed by atoms with Crippen LogP contribution in [0.25, 0.3) is 0 Å². The number of carbonyl (C=O) groups is 1. The van der Waals surface area contributed by atoms with Crippen LogP contribution >= 0.6 is 0 Å². The Labute approximate surface area is 197 Å². The lowest BCUT2D eigenvalue weighted by atomic mass is 9.84. The van der Waals surface area contributed by atoms with Crippen LogP contribution in [0, 0.1) is 12.8 Å². The van der Waals surface area contributed by atoms with Gasteiger partial charge in [0, 0.05) is 23.1 Å². The van der Waals surface area contributed by atoms with Gasteiger partial charge in [-0.3, -0.25) is 9.69 Å². The highest BCUT2D eigenvalue weighted by atomic mass is 32.2. The van der Waals surface area contributed by atoms with E-state index in [0.29, 0.717) is 10.8 Å². The predicted molar refractivity (Wildman–Crippen MR) is 133 cm³/mol. The van der Waals surface area contributed by atoms with Gasteiger partial charge in [-0.2, -0.15) is 0 Å². The minimum Gasteiger partial charge on any atom is -0.326 e. The summed E-state index contributed by atoms with van der Waals surface area (Å²) in [7, 11) is -3.42. The number of rotatable bonds is 7. The third-order valence-corrected chi connectivity index (χ3v) is 8.96. The molecular formula is C27H34N2O3S. The molecule has 4 rings (SSSR count). The molecule has 2 aromatic carbocycles. The number of hydrogen-bond donors (Lipinski definition) is 1. The second kappa shape index (κ2) is 9.82. The molecule has 5 nitrogen and oxygen atoms in total. The summed E-state index contributed by atoms with van der Waals surface area (Å²) in [6.45, 7) is 10.1. The van der Waals surface area contributed by atoms with Gasteiger partial charge < -0.3 is 5.32 Å². The molecule has 1 amide bonds. The average Bonchev–Trinajstić information content (AvgIpc) is 2.75. The van der Waals surface area contributed by atoms with Gasteiger partial charge in [0.15, 0.2) is 0 Å². The predicted octanol–water partition coefficient (Wildman–Crippen LogP) is 5.42. The molecule has 1 saturated heterocycles. The van der Waals surface area contributed by atoms with Crippen molar-refractivity contribution < 1.29 is 13.2 Å². The molecule has 1 aliphatic carbocycles. The maximum Gasteiger partial charge on any atom is 0.227 e. The van der Waals surface area contributed by atoms with Crippen molar-refractivity contribution in [2.45, 2.75) is 63.3 Å². The van der Waals surface area contributed by atoms with Gasteiger partial charge in [-0.1, -0.05) is 31.2 Å². The Balaban J connectivity index is 1.34.